The van der Waals surface area contributed by atoms with Crippen LogP contribution in [0, 0.1) is 12.8 Å². The van der Waals surface area contributed by atoms with Gasteiger partial charge in [0, 0.05) is 23.9 Å². The molecule has 18 heavy (non-hydrogen) atoms. The van der Waals surface area contributed by atoms with E-state index in [9.17, 15) is 4.79 Å². The molecule has 2 N–H and O–H groups in total. The maximum Gasteiger partial charge on any atom is 0.355 e. The lowest BCUT2D eigenvalue weighted by atomic mass is 10.00. The first-order valence-electron chi connectivity index (χ1n) is 6.18. The third-order valence-corrected chi connectivity index (χ3v) is 4.19. The highest BCUT2D eigenvalue weighted by molar-refractivity contribution is 7.15. The zero-order chi connectivity index (χ0) is 13.1. The highest BCUT2D eigenvalue weighted by atomic mass is 32.1. The second-order valence-corrected chi connectivity index (χ2v) is 5.68. The molecule has 0 spiro atoms. The zero-order valence-electron chi connectivity index (χ0n) is 10.6. The number of carboxylic acid groups (broad SMARTS) is 1. The van der Waals surface area contributed by atoms with Crippen LogP contribution in [0.5, 0.6) is 0 Å². The molecule has 2 rings (SSSR count). The maximum absolute atomic E-state index is 10.9. The van der Waals surface area contributed by atoms with Gasteiger partial charge in [-0.1, -0.05) is 6.92 Å². The Balaban J connectivity index is 1.94. The second-order valence-electron chi connectivity index (χ2n) is 4.48. The fraction of sp³-hybridized carbons (Fsp3) is 0.667. The van der Waals surface area contributed by atoms with Crippen LogP contribution in [-0.4, -0.2) is 35.3 Å². The minimum absolute atomic E-state index is 0.150. The number of rotatable bonds is 5. The summed E-state index contributed by atoms with van der Waals surface area (Å²) in [7, 11) is 0. The van der Waals surface area contributed by atoms with Crippen molar-refractivity contribution in [1.29, 1.82) is 0 Å². The first-order valence-corrected chi connectivity index (χ1v) is 6.99. The summed E-state index contributed by atoms with van der Waals surface area (Å²) >= 11 is 1.39. The smallest absolute Gasteiger partial charge is 0.355 e. The molecule has 1 saturated heterocycles. The van der Waals surface area contributed by atoms with Gasteiger partial charge in [-0.2, -0.15) is 0 Å². The van der Waals surface area contributed by atoms with Gasteiger partial charge in [0.25, 0.3) is 0 Å². The van der Waals surface area contributed by atoms with E-state index >= 15 is 0 Å². The van der Waals surface area contributed by atoms with Gasteiger partial charge in [-0.05, 0) is 19.8 Å². The molecule has 6 heteroatoms. The molecular formula is C12H18N2O3S. The van der Waals surface area contributed by atoms with Gasteiger partial charge in [-0.3, -0.25) is 0 Å². The Hall–Kier alpha value is -1.14. The lowest BCUT2D eigenvalue weighted by molar-refractivity contribution is 0.0690. The number of hydrogen-bond acceptors (Lipinski definition) is 5. The molecule has 2 atom stereocenters. The van der Waals surface area contributed by atoms with E-state index in [2.05, 4.69) is 17.2 Å². The number of nitrogens with zero attached hydrogens (tertiary/aromatic N) is 1. The predicted molar refractivity (Wildman–Crippen MR) is 70.4 cm³/mol. The molecule has 2 heterocycles. The third kappa shape index (κ3) is 2.81. The topological polar surface area (TPSA) is 71.5 Å². The third-order valence-electron chi connectivity index (χ3n) is 3.26. The molecule has 1 aromatic rings. The van der Waals surface area contributed by atoms with Crippen LogP contribution in [0.4, 0.5) is 5.13 Å². The number of thiazole rings is 1. The van der Waals surface area contributed by atoms with Gasteiger partial charge < -0.3 is 15.2 Å². The van der Waals surface area contributed by atoms with Gasteiger partial charge in [0.1, 0.15) is 0 Å². The van der Waals surface area contributed by atoms with E-state index in [4.69, 9.17) is 9.84 Å². The number of aromatic carboxylic acids is 1. The van der Waals surface area contributed by atoms with Crippen molar-refractivity contribution in [2.24, 2.45) is 5.92 Å². The largest absolute Gasteiger partial charge is 0.476 e. The standard InChI is InChI=1S/C12H18N2O3S/c1-3-9-8(4-5-17-9)6-13-12-14-10(11(15)16)7(2)18-12/h8-9H,3-6H2,1-2H3,(H,13,14)(H,15,16). The van der Waals surface area contributed by atoms with Gasteiger partial charge in [-0.15, -0.1) is 11.3 Å². The molecule has 1 aliphatic rings. The molecule has 100 valence electrons. The van der Waals surface area contributed by atoms with E-state index < -0.39 is 5.97 Å². The van der Waals surface area contributed by atoms with Crippen LogP contribution in [0.15, 0.2) is 0 Å². The Labute approximate surface area is 110 Å². The zero-order valence-corrected chi connectivity index (χ0v) is 11.4. The van der Waals surface area contributed by atoms with Crippen LogP contribution in [-0.2, 0) is 4.74 Å². The van der Waals surface area contributed by atoms with Crippen molar-refractivity contribution in [2.45, 2.75) is 32.8 Å². The normalized spacial score (nSPS) is 23.2. The summed E-state index contributed by atoms with van der Waals surface area (Å²) in [5.74, 6) is -0.472. The van der Waals surface area contributed by atoms with E-state index in [1.165, 1.54) is 11.3 Å². The lowest BCUT2D eigenvalue weighted by Crippen LogP contribution is -2.22. The van der Waals surface area contributed by atoms with E-state index in [1.807, 2.05) is 0 Å². The summed E-state index contributed by atoms with van der Waals surface area (Å²) in [5.41, 5.74) is 0.150. The SMILES string of the molecule is CCC1OCCC1CNc1nc(C(=O)O)c(C)s1. The molecular weight excluding hydrogens is 252 g/mol. The maximum atomic E-state index is 10.9. The van der Waals surface area contributed by atoms with Gasteiger partial charge in [0.15, 0.2) is 10.8 Å². The molecule has 0 radical (unpaired) electrons. The number of aryl methyl sites for hydroxylation is 1. The van der Waals surface area contributed by atoms with Crippen LogP contribution in [0.1, 0.15) is 35.1 Å². The molecule has 0 aromatic carbocycles. The molecule has 2 unspecified atom stereocenters. The average molecular weight is 270 g/mol. The quantitative estimate of drug-likeness (QED) is 0.859. The minimum Gasteiger partial charge on any atom is -0.476 e. The van der Waals surface area contributed by atoms with Gasteiger partial charge in [0.05, 0.1) is 6.10 Å². The van der Waals surface area contributed by atoms with Crippen LogP contribution in [0.3, 0.4) is 0 Å². The highest BCUT2D eigenvalue weighted by Crippen LogP contribution is 2.26. The van der Waals surface area contributed by atoms with Gasteiger partial charge >= 0.3 is 5.97 Å². The molecule has 1 aromatic heterocycles. The van der Waals surface area contributed by atoms with E-state index in [-0.39, 0.29) is 5.69 Å². The van der Waals surface area contributed by atoms with Crippen molar-refractivity contribution in [2.75, 3.05) is 18.5 Å². The molecule has 0 amide bonds. The van der Waals surface area contributed by atoms with E-state index in [1.54, 1.807) is 6.92 Å². The summed E-state index contributed by atoms with van der Waals surface area (Å²) in [6.45, 7) is 5.52. The number of ether oxygens (including phenoxy) is 1. The number of aromatic nitrogens is 1. The Morgan fingerprint density at radius 3 is 3.06 bits per heavy atom. The molecule has 0 aliphatic carbocycles. The molecule has 5 nitrogen and oxygen atoms in total. The number of carbonyl (C=O) groups is 1. The Morgan fingerprint density at radius 1 is 1.67 bits per heavy atom. The van der Waals surface area contributed by atoms with Gasteiger partial charge in [0.2, 0.25) is 0 Å². The van der Waals surface area contributed by atoms with Crippen LogP contribution in [0.25, 0.3) is 0 Å². The van der Waals surface area contributed by atoms with Crippen molar-refractivity contribution in [3.63, 3.8) is 0 Å². The molecule has 0 saturated carbocycles. The van der Waals surface area contributed by atoms with Crippen molar-refractivity contribution >= 4 is 22.4 Å². The Bertz CT molecular complexity index is 433. The number of anilines is 1. The van der Waals surface area contributed by atoms with Crippen molar-refractivity contribution < 1.29 is 14.6 Å². The minimum atomic E-state index is -0.965. The summed E-state index contributed by atoms with van der Waals surface area (Å²) in [6, 6.07) is 0. The van der Waals surface area contributed by atoms with Gasteiger partial charge in [-0.25, -0.2) is 9.78 Å². The van der Waals surface area contributed by atoms with E-state index in [0.29, 0.717) is 17.2 Å². The monoisotopic (exact) mass is 270 g/mol. The number of nitrogens with one attached hydrogen (secondary N) is 1. The fourth-order valence-corrected chi connectivity index (χ4v) is 3.08. The second kappa shape index (κ2) is 5.67. The molecule has 1 aliphatic heterocycles. The first-order chi connectivity index (χ1) is 8.61. The van der Waals surface area contributed by atoms with E-state index in [0.717, 1.165) is 30.9 Å². The van der Waals surface area contributed by atoms with Crippen LogP contribution in [0.2, 0.25) is 0 Å². The fourth-order valence-electron chi connectivity index (χ4n) is 2.27. The summed E-state index contributed by atoms with van der Waals surface area (Å²) in [4.78, 5) is 15.7. The first kappa shape index (κ1) is 13.3. The molecule has 1 fully saturated rings. The molecule has 0 bridgehead atoms. The lowest BCUT2D eigenvalue weighted by Gasteiger charge is -2.16. The number of carboxylic acids is 1. The highest BCUT2D eigenvalue weighted by Gasteiger charge is 2.26. The number of hydrogen-bond donors (Lipinski definition) is 2. The summed E-state index contributed by atoms with van der Waals surface area (Å²) in [6.07, 6.45) is 2.39. The average Bonchev–Trinajstić information content (AvgIpc) is 2.92. The van der Waals surface area contributed by atoms with Crippen LogP contribution < -0.4 is 5.32 Å². The summed E-state index contributed by atoms with van der Waals surface area (Å²) < 4.78 is 5.62. The van der Waals surface area contributed by atoms with Crippen LogP contribution >= 0.6 is 11.3 Å². The van der Waals surface area contributed by atoms with Crippen molar-refractivity contribution in [1.82, 2.24) is 4.98 Å². The summed E-state index contributed by atoms with van der Waals surface area (Å²) in [5, 5.41) is 12.9. The predicted octanol–water partition coefficient (Wildman–Crippen LogP) is 2.38. The van der Waals surface area contributed by atoms with Crippen molar-refractivity contribution in [3.8, 4) is 0 Å². The van der Waals surface area contributed by atoms with Crippen molar-refractivity contribution in [3.05, 3.63) is 10.6 Å². The Kier molecular flexibility index (Phi) is 4.19. The Morgan fingerprint density at radius 2 is 2.44 bits per heavy atom.